The fourth-order valence-corrected chi connectivity index (χ4v) is 4.67. The lowest BCUT2D eigenvalue weighted by Crippen LogP contribution is -2.35. The van der Waals surface area contributed by atoms with E-state index in [-0.39, 0.29) is 17.7 Å². The van der Waals surface area contributed by atoms with Crippen LogP contribution in [0.5, 0.6) is 0 Å². The monoisotopic (exact) mass is 417 g/mol. The van der Waals surface area contributed by atoms with E-state index in [1.807, 2.05) is 38.2 Å². The quantitative estimate of drug-likeness (QED) is 0.609. The van der Waals surface area contributed by atoms with Crippen molar-refractivity contribution in [3.8, 4) is 11.1 Å². The van der Waals surface area contributed by atoms with Crippen LogP contribution in [0.1, 0.15) is 42.6 Å². The number of hydrogen-bond donors (Lipinski definition) is 3. The molecule has 3 aromatic rings. The summed E-state index contributed by atoms with van der Waals surface area (Å²) < 4.78 is 0. The highest BCUT2D eigenvalue weighted by molar-refractivity contribution is 6.02. The van der Waals surface area contributed by atoms with Crippen LogP contribution in [0.25, 0.3) is 22.2 Å². The summed E-state index contributed by atoms with van der Waals surface area (Å²) in [5, 5.41) is 7.02. The minimum absolute atomic E-state index is 0.0361. The van der Waals surface area contributed by atoms with Gasteiger partial charge in [0.1, 0.15) is 5.65 Å². The molecule has 0 aliphatic carbocycles. The number of benzene rings is 1. The van der Waals surface area contributed by atoms with Crippen LogP contribution in [0.2, 0.25) is 0 Å². The highest BCUT2D eigenvalue weighted by Crippen LogP contribution is 2.36. The molecule has 1 aromatic carbocycles. The van der Waals surface area contributed by atoms with Crippen LogP contribution in [0.15, 0.2) is 36.7 Å². The number of nitrogens with zero attached hydrogens (tertiary/aromatic N) is 2. The third-order valence-electron chi connectivity index (χ3n) is 6.56. The Kier molecular flexibility index (Phi) is 4.59. The second-order valence-electron chi connectivity index (χ2n) is 9.23. The van der Waals surface area contributed by atoms with Gasteiger partial charge >= 0.3 is 0 Å². The number of H-pyrrole nitrogens is 1. The minimum Gasteiger partial charge on any atom is -0.346 e. The number of fused-ring (bicyclic) bond motifs is 2. The molecule has 1 fully saturated rings. The number of rotatable bonds is 3. The number of anilines is 1. The third kappa shape index (κ3) is 3.49. The number of carbonyl (C=O) groups is 2. The Bertz CT molecular complexity index is 1190. The first kappa shape index (κ1) is 19.8. The second-order valence-corrected chi connectivity index (χ2v) is 9.23. The summed E-state index contributed by atoms with van der Waals surface area (Å²) in [5.41, 5.74) is 4.78. The van der Waals surface area contributed by atoms with E-state index in [4.69, 9.17) is 0 Å². The number of carbonyl (C=O) groups excluding carboxylic acids is 2. The number of likely N-dealkylation sites (tertiary alicyclic amines) is 1. The molecule has 2 aliphatic heterocycles. The van der Waals surface area contributed by atoms with E-state index in [0.29, 0.717) is 5.69 Å². The van der Waals surface area contributed by atoms with Crippen molar-refractivity contribution in [1.82, 2.24) is 20.2 Å². The topological polar surface area (TPSA) is 90.1 Å². The molecule has 3 N–H and O–H groups in total. The van der Waals surface area contributed by atoms with Gasteiger partial charge in [-0.05, 0) is 76.2 Å². The number of pyridine rings is 1. The van der Waals surface area contributed by atoms with Crippen LogP contribution in [-0.2, 0) is 10.3 Å². The molecule has 4 heterocycles. The van der Waals surface area contributed by atoms with Crippen LogP contribution in [-0.4, -0.2) is 46.8 Å². The number of hydrogen-bond acceptors (Lipinski definition) is 4. The van der Waals surface area contributed by atoms with Gasteiger partial charge in [-0.3, -0.25) is 9.59 Å². The fraction of sp³-hybridized carbons (Fsp3) is 0.375. The van der Waals surface area contributed by atoms with Gasteiger partial charge in [-0.25, -0.2) is 4.98 Å². The predicted molar refractivity (Wildman–Crippen MR) is 121 cm³/mol. The summed E-state index contributed by atoms with van der Waals surface area (Å²) in [6.07, 6.45) is 5.39. The molecule has 0 radical (unpaired) electrons. The van der Waals surface area contributed by atoms with Crippen molar-refractivity contribution < 1.29 is 9.59 Å². The maximum absolute atomic E-state index is 12.7. The van der Waals surface area contributed by atoms with Crippen molar-refractivity contribution in [1.29, 1.82) is 0 Å². The fourth-order valence-electron chi connectivity index (χ4n) is 4.67. The first-order valence-corrected chi connectivity index (χ1v) is 10.8. The number of piperidine rings is 1. The molecule has 0 atom stereocenters. The maximum atomic E-state index is 12.7. The normalized spacial score (nSPS) is 18.7. The van der Waals surface area contributed by atoms with Gasteiger partial charge in [-0.1, -0.05) is 6.07 Å². The van der Waals surface area contributed by atoms with E-state index in [1.54, 1.807) is 6.20 Å². The highest BCUT2D eigenvalue weighted by Gasteiger charge is 2.35. The molecule has 7 heteroatoms. The number of amides is 2. The van der Waals surface area contributed by atoms with E-state index in [2.05, 4.69) is 38.6 Å². The molecular formula is C24H27N5O2. The van der Waals surface area contributed by atoms with E-state index in [1.165, 1.54) is 0 Å². The molecule has 0 spiro atoms. The number of aromatic amines is 1. The van der Waals surface area contributed by atoms with Gasteiger partial charge in [-0.15, -0.1) is 0 Å². The zero-order valence-corrected chi connectivity index (χ0v) is 18.1. The lowest BCUT2D eigenvalue weighted by atomic mass is 9.91. The number of nitrogens with one attached hydrogen (secondary N) is 3. The van der Waals surface area contributed by atoms with Crippen molar-refractivity contribution in [2.24, 2.45) is 5.92 Å². The SMILES string of the molecule is CN1CCC(C(=O)Nc2cnc3[nH]cc(-c4ccc5c(c4)C(C)(C)NC5=O)c3c2)CC1. The molecule has 2 aromatic heterocycles. The summed E-state index contributed by atoms with van der Waals surface area (Å²) in [7, 11) is 2.09. The summed E-state index contributed by atoms with van der Waals surface area (Å²) in [5.74, 6) is 0.0721. The third-order valence-corrected chi connectivity index (χ3v) is 6.56. The molecule has 0 bridgehead atoms. The molecule has 0 unspecified atom stereocenters. The van der Waals surface area contributed by atoms with Gasteiger partial charge in [0.15, 0.2) is 0 Å². The van der Waals surface area contributed by atoms with Crippen molar-refractivity contribution in [2.75, 3.05) is 25.5 Å². The average Bonchev–Trinajstić information content (AvgIpc) is 3.26. The molecule has 0 saturated carbocycles. The summed E-state index contributed by atoms with van der Waals surface area (Å²) in [6, 6.07) is 7.89. The van der Waals surface area contributed by atoms with Crippen molar-refractivity contribution in [2.45, 2.75) is 32.2 Å². The van der Waals surface area contributed by atoms with Crippen molar-refractivity contribution in [3.63, 3.8) is 0 Å². The van der Waals surface area contributed by atoms with Gasteiger partial charge in [0.05, 0.1) is 17.4 Å². The van der Waals surface area contributed by atoms with Crippen molar-refractivity contribution >= 4 is 28.5 Å². The number of aromatic nitrogens is 2. The zero-order chi connectivity index (χ0) is 21.8. The molecule has 1 saturated heterocycles. The maximum Gasteiger partial charge on any atom is 0.252 e. The molecule has 2 amide bonds. The Morgan fingerprint density at radius 3 is 2.74 bits per heavy atom. The van der Waals surface area contributed by atoms with E-state index >= 15 is 0 Å². The molecule has 7 nitrogen and oxygen atoms in total. The first-order valence-electron chi connectivity index (χ1n) is 10.8. The molecule has 31 heavy (non-hydrogen) atoms. The van der Waals surface area contributed by atoms with Crippen LogP contribution in [0, 0.1) is 5.92 Å². The van der Waals surface area contributed by atoms with Gasteiger partial charge in [0.2, 0.25) is 5.91 Å². The van der Waals surface area contributed by atoms with Gasteiger partial charge < -0.3 is 20.5 Å². The zero-order valence-electron chi connectivity index (χ0n) is 18.1. The average molecular weight is 418 g/mol. The Hall–Kier alpha value is -3.19. The lowest BCUT2D eigenvalue weighted by molar-refractivity contribution is -0.121. The molecular weight excluding hydrogens is 390 g/mol. The van der Waals surface area contributed by atoms with E-state index in [9.17, 15) is 9.59 Å². The summed E-state index contributed by atoms with van der Waals surface area (Å²) in [6.45, 7) is 5.91. The van der Waals surface area contributed by atoms with Crippen LogP contribution in [0.3, 0.4) is 0 Å². The first-order chi connectivity index (χ1) is 14.8. The Morgan fingerprint density at radius 2 is 1.97 bits per heavy atom. The Labute approximate surface area is 181 Å². The van der Waals surface area contributed by atoms with Crippen LogP contribution in [0.4, 0.5) is 5.69 Å². The molecule has 2 aliphatic rings. The Morgan fingerprint density at radius 1 is 1.19 bits per heavy atom. The van der Waals surface area contributed by atoms with Gasteiger partial charge in [0, 0.05) is 28.6 Å². The standard InChI is InChI=1S/C24H27N5O2/c1-24(2)20-10-15(4-5-17(20)23(31)28-24)19-13-26-21-18(19)11-16(12-25-21)27-22(30)14-6-8-29(3)9-7-14/h4-5,10-14H,6-9H2,1-3H3,(H,25,26)(H,27,30)(H,28,31). The molecule has 160 valence electrons. The smallest absolute Gasteiger partial charge is 0.252 e. The summed E-state index contributed by atoms with van der Waals surface area (Å²) >= 11 is 0. The predicted octanol–water partition coefficient (Wildman–Crippen LogP) is 3.49. The lowest BCUT2D eigenvalue weighted by Gasteiger charge is -2.28. The van der Waals surface area contributed by atoms with E-state index < -0.39 is 5.54 Å². The highest BCUT2D eigenvalue weighted by atomic mass is 16.2. The van der Waals surface area contributed by atoms with Gasteiger partial charge in [-0.2, -0.15) is 0 Å². The summed E-state index contributed by atoms with van der Waals surface area (Å²) in [4.78, 5) is 34.9. The van der Waals surface area contributed by atoms with Gasteiger partial charge in [0.25, 0.3) is 5.91 Å². The van der Waals surface area contributed by atoms with Crippen LogP contribution >= 0.6 is 0 Å². The largest absolute Gasteiger partial charge is 0.346 e. The molecule has 5 rings (SSSR count). The van der Waals surface area contributed by atoms with Crippen molar-refractivity contribution in [3.05, 3.63) is 47.8 Å². The van der Waals surface area contributed by atoms with E-state index in [0.717, 1.165) is 59.2 Å². The van der Waals surface area contributed by atoms with Crippen LogP contribution < -0.4 is 10.6 Å². The Balaban J connectivity index is 1.45. The second kappa shape index (κ2) is 7.20. The minimum atomic E-state index is -0.403.